The van der Waals surface area contributed by atoms with E-state index in [1.54, 1.807) is 0 Å². The van der Waals surface area contributed by atoms with E-state index >= 15 is 0 Å². The highest BCUT2D eigenvalue weighted by atomic mass is 32.1. The second-order valence-electron chi connectivity index (χ2n) is 24.4. The zero-order valence-electron chi connectivity index (χ0n) is 44.5. The first-order chi connectivity index (χ1) is 34.7. The van der Waals surface area contributed by atoms with E-state index in [1.807, 2.05) is 22.7 Å². The Morgan fingerprint density at radius 2 is 1.08 bits per heavy atom. The van der Waals surface area contributed by atoms with Crippen LogP contribution in [0.25, 0.3) is 58.1 Å². The minimum Gasteiger partial charge on any atom is -0.441 e. The largest absolute Gasteiger partial charge is 0.441 e. The van der Waals surface area contributed by atoms with E-state index in [9.17, 15) is 0 Å². The van der Waals surface area contributed by atoms with E-state index in [4.69, 9.17) is 8.83 Å². The molecule has 7 heteroatoms. The molecule has 1 atom stereocenters. The molecule has 10 aromatic rings. The minimum absolute atomic E-state index is 0.0517. The fraction of sp³-hybridized carbons (Fsp3) is 0.273. The van der Waals surface area contributed by atoms with Crippen molar-refractivity contribution in [2.24, 2.45) is 11.3 Å². The van der Waals surface area contributed by atoms with Gasteiger partial charge in [0, 0.05) is 41.4 Å². The first kappa shape index (κ1) is 46.3. The zero-order chi connectivity index (χ0) is 50.8. The number of benzene rings is 6. The average molecular weight is 991 g/mol. The summed E-state index contributed by atoms with van der Waals surface area (Å²) in [6.07, 6.45) is 5.58. The smallest absolute Gasteiger partial charge is 0.262 e. The summed E-state index contributed by atoms with van der Waals surface area (Å²) in [5, 5.41) is 3.71. The molecule has 0 fully saturated rings. The van der Waals surface area contributed by atoms with Crippen LogP contribution in [-0.2, 0) is 17.3 Å². The normalized spacial score (nSPS) is 15.4. The predicted molar refractivity (Wildman–Crippen MR) is 316 cm³/mol. The van der Waals surface area contributed by atoms with E-state index in [0.717, 1.165) is 46.3 Å². The summed E-state index contributed by atoms with van der Waals surface area (Å²) >= 11 is 3.74. The highest BCUT2D eigenvalue weighted by Crippen LogP contribution is 2.54. The summed E-state index contributed by atoms with van der Waals surface area (Å²) in [6.45, 7) is 30.2. The number of aryl methyl sites for hydroxylation is 2. The van der Waals surface area contributed by atoms with Crippen LogP contribution in [0.15, 0.2) is 130 Å². The molecule has 1 unspecified atom stereocenters. The topological polar surface area (TPSA) is 32.8 Å². The highest BCUT2D eigenvalue weighted by Gasteiger charge is 2.51. The lowest BCUT2D eigenvalue weighted by atomic mass is 9.33. The molecule has 0 spiro atoms. The predicted octanol–water partition coefficient (Wildman–Crippen LogP) is 17.9. The number of furan rings is 2. The average Bonchev–Trinajstić information content (AvgIpc) is 4.14. The number of hydrogen-bond acceptors (Lipinski definition) is 6. The molecule has 0 bridgehead atoms. The molecule has 0 saturated heterocycles. The van der Waals surface area contributed by atoms with Crippen molar-refractivity contribution in [2.45, 2.75) is 107 Å². The molecule has 1 aliphatic carbocycles. The summed E-state index contributed by atoms with van der Waals surface area (Å²) in [6, 6.07) is 43.6. The van der Waals surface area contributed by atoms with Crippen LogP contribution in [0.5, 0.6) is 0 Å². The molecule has 0 amide bonds. The monoisotopic (exact) mass is 990 g/mol. The van der Waals surface area contributed by atoms with E-state index in [1.165, 1.54) is 108 Å². The van der Waals surface area contributed by atoms with E-state index in [0.29, 0.717) is 5.92 Å². The van der Waals surface area contributed by atoms with Gasteiger partial charge in [-0.25, -0.2) is 0 Å². The molecule has 3 aliphatic rings. The van der Waals surface area contributed by atoms with Crippen molar-refractivity contribution in [1.82, 2.24) is 0 Å². The van der Waals surface area contributed by atoms with Crippen LogP contribution in [0, 0.1) is 39.0 Å². The van der Waals surface area contributed by atoms with Gasteiger partial charge in [0.25, 0.3) is 6.71 Å². The van der Waals surface area contributed by atoms with E-state index in [2.05, 4.69) is 227 Å². The quantitative estimate of drug-likeness (QED) is 0.165. The maximum atomic E-state index is 7.56. The van der Waals surface area contributed by atoms with Crippen molar-refractivity contribution in [3.63, 3.8) is 0 Å². The van der Waals surface area contributed by atoms with Gasteiger partial charge in [-0.15, -0.1) is 22.7 Å². The molecular weight excluding hydrogens is 928 g/mol. The van der Waals surface area contributed by atoms with Gasteiger partial charge in [0.05, 0.1) is 11.4 Å². The molecule has 0 saturated carbocycles. The highest BCUT2D eigenvalue weighted by molar-refractivity contribution is 7.22. The van der Waals surface area contributed by atoms with Gasteiger partial charge in [-0.3, -0.25) is 9.80 Å². The lowest BCUT2D eigenvalue weighted by Crippen LogP contribution is -2.61. The Balaban J connectivity index is 1.17. The van der Waals surface area contributed by atoms with Gasteiger partial charge < -0.3 is 8.83 Å². The Morgan fingerprint density at radius 3 is 1.60 bits per heavy atom. The van der Waals surface area contributed by atoms with Crippen LogP contribution in [0.2, 0.25) is 0 Å². The third-order valence-electron chi connectivity index (χ3n) is 16.5. The zero-order valence-corrected chi connectivity index (χ0v) is 46.1. The van der Waals surface area contributed by atoms with Crippen molar-refractivity contribution in [3.8, 4) is 20.9 Å². The maximum absolute atomic E-state index is 7.56. The number of hydrogen-bond donors (Lipinski definition) is 0. The molecule has 0 radical (unpaired) electrons. The molecule has 73 heavy (non-hydrogen) atoms. The summed E-state index contributed by atoms with van der Waals surface area (Å²) in [5.74, 6) is 3.10. The third-order valence-corrected chi connectivity index (χ3v) is 18.8. The van der Waals surface area contributed by atoms with Gasteiger partial charge in [-0.2, -0.15) is 0 Å². The molecule has 6 heterocycles. The number of allylic oxidation sites excluding steroid dienone is 1. The number of fused-ring (bicyclic) bond motifs is 10. The number of rotatable bonds is 4. The summed E-state index contributed by atoms with van der Waals surface area (Å²) in [7, 11) is 0. The molecule has 364 valence electrons. The van der Waals surface area contributed by atoms with Crippen LogP contribution in [0.4, 0.5) is 34.5 Å². The minimum atomic E-state index is -0.203. The Bertz CT molecular complexity index is 3920. The van der Waals surface area contributed by atoms with Gasteiger partial charge in [0.2, 0.25) is 11.8 Å². The van der Waals surface area contributed by atoms with Gasteiger partial charge in [-0.1, -0.05) is 135 Å². The van der Waals surface area contributed by atoms with E-state index < -0.39 is 0 Å². The molecule has 0 N–H and O–H groups in total. The van der Waals surface area contributed by atoms with Gasteiger partial charge in [0.1, 0.15) is 11.3 Å². The maximum Gasteiger partial charge on any atom is 0.262 e. The first-order valence-electron chi connectivity index (χ1n) is 26.1. The van der Waals surface area contributed by atoms with Crippen LogP contribution in [-0.4, -0.2) is 6.71 Å². The third kappa shape index (κ3) is 7.04. The van der Waals surface area contributed by atoms with Crippen LogP contribution in [0.1, 0.15) is 107 Å². The van der Waals surface area contributed by atoms with E-state index in [-0.39, 0.29) is 23.0 Å². The van der Waals surface area contributed by atoms with Gasteiger partial charge in [0.15, 0.2) is 0 Å². The van der Waals surface area contributed by atoms with Crippen molar-refractivity contribution in [3.05, 3.63) is 166 Å². The van der Waals surface area contributed by atoms with Crippen LogP contribution in [0.3, 0.4) is 0 Å². The molecule has 2 aliphatic heterocycles. The van der Waals surface area contributed by atoms with Crippen molar-refractivity contribution in [1.29, 1.82) is 0 Å². The number of thiophene rings is 2. The first-order valence-corrected chi connectivity index (χ1v) is 27.8. The summed E-state index contributed by atoms with van der Waals surface area (Å²) in [5.41, 5.74) is 20.3. The van der Waals surface area contributed by atoms with Crippen molar-refractivity contribution < 1.29 is 8.83 Å². The Kier molecular flexibility index (Phi) is 10.1. The van der Waals surface area contributed by atoms with Gasteiger partial charge >= 0.3 is 0 Å². The lowest BCUT2D eigenvalue weighted by molar-refractivity contribution is 0.289. The van der Waals surface area contributed by atoms with Gasteiger partial charge in [-0.05, 0) is 183 Å². The standard InChI is InChI=1S/C66H63BN2O2S2/c1-36-22-26-45(55-30-40-18-14-16-20-53(40)72-55)38(3)60(36)68-49-34-44(66(11,12)13)35-50-59(49)67(57-47-32-42(64(5,6)7)24-28-51(47)70-62(57)68)58-48-33-43(65(8,9)10)25-29-52(48)71-63(58)69(50)61-37(2)23-27-46(39(61)4)56-31-41-19-15-17-21-54(41)73-56/h14-32,34-35,43H,33H2,1-13H3. The number of anilines is 6. The Hall–Kier alpha value is -6.54. The SMILES string of the molecule is Cc1ccc(-c2cc3ccccc3s2)c(C)c1N1c2cc(C(C)(C)C)cc3c2B(c2c1oc1c2CC(C(C)(C)C)C=C1)c1c(oc2ccc(C(C)(C)C)cc12)N3c1c(C)ccc(-c2cc3ccccc3s2)c1C. The van der Waals surface area contributed by atoms with Crippen LogP contribution < -0.4 is 26.2 Å². The summed E-state index contributed by atoms with van der Waals surface area (Å²) < 4.78 is 17.7. The molecule has 6 aromatic carbocycles. The van der Waals surface area contributed by atoms with Crippen molar-refractivity contribution in [2.75, 3.05) is 9.80 Å². The lowest BCUT2D eigenvalue weighted by Gasteiger charge is -2.43. The molecular formula is C66H63BN2O2S2. The fourth-order valence-corrected chi connectivity index (χ4v) is 14.6. The second kappa shape index (κ2) is 16.0. The molecule has 4 aromatic heterocycles. The second-order valence-corrected chi connectivity index (χ2v) is 26.5. The Morgan fingerprint density at radius 1 is 0.548 bits per heavy atom. The van der Waals surface area contributed by atoms with Crippen LogP contribution >= 0.6 is 22.7 Å². The number of nitrogens with zero attached hydrogens (tertiary/aromatic N) is 2. The Labute approximate surface area is 439 Å². The molecule has 4 nitrogen and oxygen atoms in total. The molecule has 13 rings (SSSR count). The van der Waals surface area contributed by atoms with Crippen molar-refractivity contribution >= 4 is 118 Å². The fourth-order valence-electron chi connectivity index (χ4n) is 12.3. The summed E-state index contributed by atoms with van der Waals surface area (Å²) in [4.78, 5) is 7.64.